The van der Waals surface area contributed by atoms with Crippen molar-refractivity contribution < 1.29 is 32.2 Å². The first-order chi connectivity index (χ1) is 16.4. The second-order valence-corrected chi connectivity index (χ2v) is 10.3. The number of alkyl halides is 3. The first-order valence-electron chi connectivity index (χ1n) is 12.2. The van der Waals surface area contributed by atoms with Crippen molar-refractivity contribution in [3.63, 3.8) is 0 Å². The average molecular weight is 499 g/mol. The van der Waals surface area contributed by atoms with E-state index in [0.29, 0.717) is 30.6 Å². The second kappa shape index (κ2) is 10.9. The van der Waals surface area contributed by atoms with E-state index in [9.17, 15) is 22.8 Å². The zero-order chi connectivity index (χ0) is 26.0. The molecule has 1 aromatic rings. The van der Waals surface area contributed by atoms with Crippen LogP contribution in [0.3, 0.4) is 0 Å². The second-order valence-electron chi connectivity index (χ2n) is 10.3. The third kappa shape index (κ3) is 5.82. The Morgan fingerprint density at radius 1 is 1.23 bits per heavy atom. The van der Waals surface area contributed by atoms with E-state index in [1.807, 2.05) is 13.8 Å². The highest BCUT2D eigenvalue weighted by atomic mass is 19.4. The summed E-state index contributed by atoms with van der Waals surface area (Å²) in [5.74, 6) is -1.43. The van der Waals surface area contributed by atoms with Crippen LogP contribution in [-0.2, 0) is 31.8 Å². The number of carbonyl (C=O) groups is 2. The van der Waals surface area contributed by atoms with Gasteiger partial charge < -0.3 is 19.7 Å². The molecule has 0 saturated heterocycles. The number of carbonyl (C=O) groups excluding carboxylic acids is 2. The monoisotopic (exact) mass is 498 g/mol. The molecule has 196 valence electrons. The number of methoxy groups -OCH3 is 2. The minimum absolute atomic E-state index is 0.0376. The highest BCUT2D eigenvalue weighted by molar-refractivity contribution is 5.86. The molecule has 1 N–H and O–H groups in total. The number of hydrogen-bond donors (Lipinski definition) is 1. The fourth-order valence-electron chi connectivity index (χ4n) is 5.62. The van der Waals surface area contributed by atoms with E-state index in [0.717, 1.165) is 25.0 Å². The molecule has 1 fully saturated rings. The van der Waals surface area contributed by atoms with Crippen LogP contribution in [0, 0.1) is 11.3 Å². The molecule has 0 aromatic heterocycles. The molecule has 0 radical (unpaired) electrons. The molecule has 2 aliphatic rings. The highest BCUT2D eigenvalue weighted by Gasteiger charge is 2.50. The lowest BCUT2D eigenvalue weighted by Gasteiger charge is -2.41. The van der Waals surface area contributed by atoms with Gasteiger partial charge in [-0.3, -0.25) is 9.59 Å². The standard InChI is InChI=1S/C26H37F3N2O4/c1-16(2)25(10-8-20(13-25)30-17(3)9-11-34-4)24(33)31-14-18-12-19(26(27,28)29)6-7-21(18)22(15-31)23(32)35-5/h6-7,12,16-17,20,22,30H,8-11,13-15H2,1-5H3. The molecule has 0 bridgehead atoms. The molecular formula is C26H37F3N2O4. The van der Waals surface area contributed by atoms with Crippen molar-refractivity contribution in [2.75, 3.05) is 27.4 Å². The van der Waals surface area contributed by atoms with Crippen molar-refractivity contribution in [2.24, 2.45) is 11.3 Å². The molecule has 9 heteroatoms. The molecule has 1 amide bonds. The predicted octanol–water partition coefficient (Wildman–Crippen LogP) is 4.51. The fourth-order valence-corrected chi connectivity index (χ4v) is 5.62. The van der Waals surface area contributed by atoms with E-state index in [1.165, 1.54) is 13.2 Å². The summed E-state index contributed by atoms with van der Waals surface area (Å²) in [5, 5.41) is 3.61. The van der Waals surface area contributed by atoms with Crippen LogP contribution < -0.4 is 5.32 Å². The van der Waals surface area contributed by atoms with Gasteiger partial charge in [-0.15, -0.1) is 0 Å². The number of ether oxygens (including phenoxy) is 2. The van der Waals surface area contributed by atoms with Gasteiger partial charge >= 0.3 is 12.1 Å². The van der Waals surface area contributed by atoms with Crippen LogP contribution in [0.25, 0.3) is 0 Å². The Balaban J connectivity index is 1.87. The first kappa shape index (κ1) is 27.5. The number of benzene rings is 1. The Bertz CT molecular complexity index is 920. The number of fused-ring (bicyclic) bond motifs is 1. The molecule has 4 unspecified atom stereocenters. The SMILES string of the molecule is COCCC(C)NC1CCC(C(=O)N2Cc3cc(C(F)(F)F)ccc3C(C(=O)OC)C2)(C(C)C)C1. The molecule has 1 aliphatic carbocycles. The van der Waals surface area contributed by atoms with Gasteiger partial charge in [-0.05, 0) is 61.8 Å². The van der Waals surface area contributed by atoms with Gasteiger partial charge in [0.25, 0.3) is 0 Å². The molecule has 6 nitrogen and oxygen atoms in total. The Hall–Kier alpha value is -2.13. The molecule has 0 spiro atoms. The first-order valence-corrected chi connectivity index (χ1v) is 12.2. The minimum Gasteiger partial charge on any atom is -0.468 e. The van der Waals surface area contributed by atoms with E-state index < -0.39 is 29.0 Å². The van der Waals surface area contributed by atoms with Crippen molar-refractivity contribution in [3.05, 3.63) is 34.9 Å². The van der Waals surface area contributed by atoms with Crippen LogP contribution in [-0.4, -0.2) is 56.2 Å². The Morgan fingerprint density at radius 3 is 2.54 bits per heavy atom. The summed E-state index contributed by atoms with van der Waals surface area (Å²) in [4.78, 5) is 28.2. The maximum Gasteiger partial charge on any atom is 0.416 e. The summed E-state index contributed by atoms with van der Waals surface area (Å²) in [5.41, 5.74) is -0.596. The Kier molecular flexibility index (Phi) is 8.52. The summed E-state index contributed by atoms with van der Waals surface area (Å²) < 4.78 is 50.3. The number of esters is 1. The van der Waals surface area contributed by atoms with Gasteiger partial charge in [0.2, 0.25) is 5.91 Å². The third-order valence-electron chi connectivity index (χ3n) is 7.74. The molecule has 1 aromatic carbocycles. The molecule has 4 atom stereocenters. The van der Waals surface area contributed by atoms with E-state index >= 15 is 0 Å². The lowest BCUT2D eigenvalue weighted by atomic mass is 9.73. The highest BCUT2D eigenvalue weighted by Crippen LogP contribution is 2.47. The van der Waals surface area contributed by atoms with Gasteiger partial charge in [0.05, 0.1) is 24.0 Å². The van der Waals surface area contributed by atoms with E-state index in [4.69, 9.17) is 9.47 Å². The molecule has 1 aliphatic heterocycles. The van der Waals surface area contributed by atoms with Crippen molar-refractivity contribution in [2.45, 2.75) is 77.2 Å². The number of nitrogens with zero attached hydrogens (tertiary/aromatic N) is 1. The number of rotatable bonds is 8. The number of hydrogen-bond acceptors (Lipinski definition) is 5. The number of nitrogens with one attached hydrogen (secondary N) is 1. The number of amides is 1. The van der Waals surface area contributed by atoms with Gasteiger partial charge in [0.1, 0.15) is 0 Å². The summed E-state index contributed by atoms with van der Waals surface area (Å²) in [6.07, 6.45) is -1.47. The Morgan fingerprint density at radius 2 is 1.94 bits per heavy atom. The minimum atomic E-state index is -4.51. The third-order valence-corrected chi connectivity index (χ3v) is 7.74. The topological polar surface area (TPSA) is 67.9 Å². The lowest BCUT2D eigenvalue weighted by Crippen LogP contribution is -2.50. The van der Waals surface area contributed by atoms with Crippen LogP contribution >= 0.6 is 0 Å². The molecular weight excluding hydrogens is 461 g/mol. The molecule has 35 heavy (non-hydrogen) atoms. The zero-order valence-corrected chi connectivity index (χ0v) is 21.2. The van der Waals surface area contributed by atoms with Crippen LogP contribution in [0.4, 0.5) is 13.2 Å². The van der Waals surface area contributed by atoms with Crippen LogP contribution in [0.5, 0.6) is 0 Å². The van der Waals surface area contributed by atoms with E-state index in [-0.39, 0.29) is 37.0 Å². The van der Waals surface area contributed by atoms with Crippen LogP contribution in [0.15, 0.2) is 18.2 Å². The van der Waals surface area contributed by atoms with Gasteiger partial charge in [-0.2, -0.15) is 13.2 Å². The zero-order valence-electron chi connectivity index (χ0n) is 21.2. The van der Waals surface area contributed by atoms with Crippen LogP contribution in [0.2, 0.25) is 0 Å². The summed E-state index contributed by atoms with van der Waals surface area (Å²) in [6.45, 7) is 6.93. The summed E-state index contributed by atoms with van der Waals surface area (Å²) >= 11 is 0. The maximum absolute atomic E-state index is 14.0. The predicted molar refractivity (Wildman–Crippen MR) is 126 cm³/mol. The molecule has 3 rings (SSSR count). The van der Waals surface area contributed by atoms with Crippen molar-refractivity contribution in [3.8, 4) is 0 Å². The fraction of sp³-hybridized carbons (Fsp3) is 0.692. The van der Waals surface area contributed by atoms with Gasteiger partial charge in [-0.25, -0.2) is 0 Å². The van der Waals surface area contributed by atoms with Crippen molar-refractivity contribution in [1.82, 2.24) is 10.2 Å². The summed E-state index contributed by atoms with van der Waals surface area (Å²) in [7, 11) is 2.92. The van der Waals surface area contributed by atoms with Gasteiger partial charge in [-0.1, -0.05) is 19.9 Å². The lowest BCUT2D eigenvalue weighted by molar-refractivity contribution is -0.149. The summed E-state index contributed by atoms with van der Waals surface area (Å²) in [6, 6.07) is 3.79. The molecule has 1 heterocycles. The number of halogens is 3. The Labute approximate surface area is 205 Å². The largest absolute Gasteiger partial charge is 0.468 e. The van der Waals surface area contributed by atoms with E-state index in [2.05, 4.69) is 12.2 Å². The normalized spacial score (nSPS) is 25.5. The smallest absolute Gasteiger partial charge is 0.416 e. The molecule has 1 saturated carbocycles. The van der Waals surface area contributed by atoms with Crippen LogP contribution in [0.1, 0.15) is 69.1 Å². The van der Waals surface area contributed by atoms with E-state index in [1.54, 1.807) is 12.0 Å². The quantitative estimate of drug-likeness (QED) is 0.534. The average Bonchev–Trinajstić information content (AvgIpc) is 3.25. The van der Waals surface area contributed by atoms with Gasteiger partial charge in [0.15, 0.2) is 0 Å². The maximum atomic E-state index is 14.0. The van der Waals surface area contributed by atoms with Crippen molar-refractivity contribution >= 4 is 11.9 Å². The van der Waals surface area contributed by atoms with Crippen molar-refractivity contribution in [1.29, 1.82) is 0 Å². The van der Waals surface area contributed by atoms with Gasteiger partial charge in [0, 0.05) is 38.9 Å².